The number of pyridine rings is 1. The van der Waals surface area contributed by atoms with Crippen LogP contribution in [0.4, 0.5) is 0 Å². The molecule has 0 radical (unpaired) electrons. The zero-order valence-electron chi connectivity index (χ0n) is 9.13. The highest BCUT2D eigenvalue weighted by atomic mass is 32.1. The van der Waals surface area contributed by atoms with E-state index in [0.717, 1.165) is 16.1 Å². The molecule has 0 unspecified atom stereocenters. The molecule has 2 aromatic heterocycles. The van der Waals surface area contributed by atoms with Gasteiger partial charge in [0.1, 0.15) is 0 Å². The first-order chi connectivity index (χ1) is 8.36. The predicted molar refractivity (Wildman–Crippen MR) is 71.0 cm³/mol. The van der Waals surface area contributed by atoms with Gasteiger partial charge in [-0.1, -0.05) is 24.3 Å². The molecule has 0 saturated heterocycles. The van der Waals surface area contributed by atoms with E-state index in [9.17, 15) is 0 Å². The molecule has 0 aliphatic heterocycles. The molecule has 3 aromatic rings. The first-order valence-corrected chi connectivity index (χ1v) is 6.23. The van der Waals surface area contributed by atoms with Gasteiger partial charge in [-0.2, -0.15) is 0 Å². The summed E-state index contributed by atoms with van der Waals surface area (Å²) >= 11 is 1.74. The van der Waals surface area contributed by atoms with Crippen LogP contribution in [0, 0.1) is 0 Å². The normalized spacial score (nSPS) is 10.9. The summed E-state index contributed by atoms with van der Waals surface area (Å²) in [5.41, 5.74) is 1.80. The third-order valence-electron chi connectivity index (χ3n) is 2.69. The van der Waals surface area contributed by atoms with E-state index < -0.39 is 0 Å². The third kappa shape index (κ3) is 1.95. The lowest BCUT2D eigenvalue weighted by atomic mass is 10.2. The topological polar surface area (TPSA) is 33.1 Å². The molecule has 84 valence electrons. The predicted octanol–water partition coefficient (Wildman–Crippen LogP) is 3.46. The molecule has 3 heteroatoms. The van der Waals surface area contributed by atoms with Gasteiger partial charge in [0.25, 0.3) is 0 Å². The lowest BCUT2D eigenvalue weighted by Gasteiger charge is -1.97. The number of hydrogen-bond acceptors (Lipinski definition) is 3. The van der Waals surface area contributed by atoms with Crippen LogP contribution in [0.1, 0.15) is 5.56 Å². The summed E-state index contributed by atoms with van der Waals surface area (Å²) in [5, 5.41) is 10.2. The molecule has 2 nitrogen and oxygen atoms in total. The molecule has 3 rings (SSSR count). The minimum Gasteiger partial charge on any atom is -0.392 e. The summed E-state index contributed by atoms with van der Waals surface area (Å²) in [4.78, 5) is 5.53. The Bertz CT molecular complexity index is 610. The van der Waals surface area contributed by atoms with Crippen molar-refractivity contribution in [1.82, 2.24) is 4.98 Å². The average Bonchev–Trinajstić information content (AvgIpc) is 2.82. The maximum absolute atomic E-state index is 8.98. The van der Waals surface area contributed by atoms with E-state index in [4.69, 9.17) is 5.11 Å². The van der Waals surface area contributed by atoms with Crippen LogP contribution >= 0.6 is 11.3 Å². The van der Waals surface area contributed by atoms with Crippen LogP contribution in [0.25, 0.3) is 20.7 Å². The largest absolute Gasteiger partial charge is 0.392 e. The Labute approximate surface area is 103 Å². The van der Waals surface area contributed by atoms with E-state index in [-0.39, 0.29) is 6.61 Å². The Hall–Kier alpha value is -1.71. The molecular formula is C14H11NOS. The molecule has 0 aliphatic rings. The van der Waals surface area contributed by atoms with Gasteiger partial charge in [-0.15, -0.1) is 11.3 Å². The van der Waals surface area contributed by atoms with Gasteiger partial charge in [-0.05, 0) is 29.1 Å². The smallest absolute Gasteiger partial charge is 0.0802 e. The zero-order valence-corrected chi connectivity index (χ0v) is 9.95. The summed E-state index contributed by atoms with van der Waals surface area (Å²) in [6.45, 7) is 0.0414. The van der Waals surface area contributed by atoms with Gasteiger partial charge in [0.2, 0.25) is 0 Å². The maximum atomic E-state index is 8.98. The highest BCUT2D eigenvalue weighted by molar-refractivity contribution is 7.22. The van der Waals surface area contributed by atoms with Gasteiger partial charge in [0.15, 0.2) is 0 Å². The summed E-state index contributed by atoms with van der Waals surface area (Å²) in [7, 11) is 0. The van der Waals surface area contributed by atoms with E-state index in [1.54, 1.807) is 17.5 Å². The second-order valence-corrected chi connectivity index (χ2v) is 4.94. The van der Waals surface area contributed by atoms with Crippen molar-refractivity contribution in [2.75, 3.05) is 0 Å². The molecule has 0 atom stereocenters. The van der Waals surface area contributed by atoms with Crippen molar-refractivity contribution in [3.63, 3.8) is 0 Å². The molecule has 0 bridgehead atoms. The Morgan fingerprint density at radius 2 is 2.00 bits per heavy atom. The number of aromatic nitrogens is 1. The van der Waals surface area contributed by atoms with Crippen LogP contribution in [-0.4, -0.2) is 10.1 Å². The molecule has 0 fully saturated rings. The molecule has 2 heterocycles. The number of aliphatic hydroxyl groups is 1. The Balaban J connectivity index is 2.07. The SMILES string of the molecule is OCc1ccc(-c2cc3ccccc3s2)nc1. The van der Waals surface area contributed by atoms with Gasteiger partial charge in [0, 0.05) is 10.9 Å². The molecule has 0 spiro atoms. The molecule has 0 aliphatic carbocycles. The summed E-state index contributed by atoms with van der Waals surface area (Å²) in [6, 6.07) is 14.3. The van der Waals surface area contributed by atoms with Crippen LogP contribution in [0.5, 0.6) is 0 Å². The van der Waals surface area contributed by atoms with Crippen molar-refractivity contribution in [1.29, 1.82) is 0 Å². The van der Waals surface area contributed by atoms with Gasteiger partial charge in [-0.3, -0.25) is 4.98 Å². The number of rotatable bonds is 2. The monoisotopic (exact) mass is 241 g/mol. The first-order valence-electron chi connectivity index (χ1n) is 5.41. The number of fused-ring (bicyclic) bond motifs is 1. The van der Waals surface area contributed by atoms with Crippen LogP contribution in [0.3, 0.4) is 0 Å². The molecular weight excluding hydrogens is 230 g/mol. The third-order valence-corrected chi connectivity index (χ3v) is 3.82. The lowest BCUT2D eigenvalue weighted by Crippen LogP contribution is -1.85. The quantitative estimate of drug-likeness (QED) is 0.745. The summed E-state index contributed by atoms with van der Waals surface area (Å²) < 4.78 is 1.27. The second-order valence-electron chi connectivity index (χ2n) is 3.86. The van der Waals surface area contributed by atoms with Gasteiger partial charge in [-0.25, -0.2) is 0 Å². The summed E-state index contributed by atoms with van der Waals surface area (Å²) in [6.07, 6.45) is 1.72. The van der Waals surface area contributed by atoms with Crippen molar-refractivity contribution >= 4 is 21.4 Å². The average molecular weight is 241 g/mol. The summed E-state index contributed by atoms with van der Waals surface area (Å²) in [5.74, 6) is 0. The fourth-order valence-corrected chi connectivity index (χ4v) is 2.81. The second kappa shape index (κ2) is 4.28. The molecule has 1 N–H and O–H groups in total. The minimum absolute atomic E-state index is 0.0414. The molecule has 1 aromatic carbocycles. The maximum Gasteiger partial charge on any atom is 0.0802 e. The van der Waals surface area contributed by atoms with Crippen molar-refractivity contribution in [2.24, 2.45) is 0 Å². The van der Waals surface area contributed by atoms with E-state index in [1.807, 2.05) is 24.3 Å². The van der Waals surface area contributed by atoms with E-state index >= 15 is 0 Å². The van der Waals surface area contributed by atoms with Crippen molar-refractivity contribution in [3.05, 3.63) is 54.2 Å². The van der Waals surface area contributed by atoms with Crippen LogP contribution in [-0.2, 0) is 6.61 Å². The van der Waals surface area contributed by atoms with Crippen LogP contribution in [0.15, 0.2) is 48.7 Å². The minimum atomic E-state index is 0.0414. The molecule has 0 saturated carbocycles. The number of thiophene rings is 1. The number of benzene rings is 1. The molecule has 17 heavy (non-hydrogen) atoms. The Morgan fingerprint density at radius 1 is 1.12 bits per heavy atom. The number of aliphatic hydroxyl groups excluding tert-OH is 1. The van der Waals surface area contributed by atoms with E-state index in [1.165, 1.54) is 10.1 Å². The van der Waals surface area contributed by atoms with Crippen LogP contribution in [0.2, 0.25) is 0 Å². The number of nitrogens with zero attached hydrogens (tertiary/aromatic N) is 1. The van der Waals surface area contributed by atoms with Crippen molar-refractivity contribution in [3.8, 4) is 10.6 Å². The Morgan fingerprint density at radius 3 is 2.71 bits per heavy atom. The highest BCUT2D eigenvalue weighted by Crippen LogP contribution is 2.32. The van der Waals surface area contributed by atoms with E-state index in [0.29, 0.717) is 0 Å². The zero-order chi connectivity index (χ0) is 11.7. The van der Waals surface area contributed by atoms with Crippen molar-refractivity contribution < 1.29 is 5.11 Å². The van der Waals surface area contributed by atoms with Crippen molar-refractivity contribution in [2.45, 2.75) is 6.61 Å². The van der Waals surface area contributed by atoms with Gasteiger partial charge >= 0.3 is 0 Å². The van der Waals surface area contributed by atoms with Gasteiger partial charge < -0.3 is 5.11 Å². The highest BCUT2D eigenvalue weighted by Gasteiger charge is 2.04. The van der Waals surface area contributed by atoms with Crippen LogP contribution < -0.4 is 0 Å². The fraction of sp³-hybridized carbons (Fsp3) is 0.0714. The lowest BCUT2D eigenvalue weighted by molar-refractivity contribution is 0.281. The Kier molecular flexibility index (Phi) is 2.63. The standard InChI is InChI=1S/C14H11NOS/c16-9-10-5-6-12(15-8-10)14-7-11-3-1-2-4-13(11)17-14/h1-8,16H,9H2. The number of hydrogen-bond donors (Lipinski definition) is 1. The van der Waals surface area contributed by atoms with Gasteiger partial charge in [0.05, 0.1) is 17.2 Å². The fourth-order valence-electron chi connectivity index (χ4n) is 1.77. The van der Waals surface area contributed by atoms with E-state index in [2.05, 4.69) is 23.2 Å². The molecule has 0 amide bonds. The first kappa shape index (κ1) is 10.4.